The van der Waals surface area contributed by atoms with Gasteiger partial charge in [0.15, 0.2) is 0 Å². The van der Waals surface area contributed by atoms with Crippen LogP contribution in [0, 0.1) is 0 Å². The van der Waals surface area contributed by atoms with E-state index < -0.39 is 0 Å². The van der Waals surface area contributed by atoms with Crippen molar-refractivity contribution in [3.8, 4) is 0 Å². The molecule has 68 valence electrons. The van der Waals surface area contributed by atoms with Crippen molar-refractivity contribution in [2.45, 2.75) is 12.5 Å². The smallest absolute Gasteiger partial charge is 0.0589 e. The second kappa shape index (κ2) is 5.77. The van der Waals surface area contributed by atoms with Crippen molar-refractivity contribution in [3.63, 3.8) is 0 Å². The van der Waals surface area contributed by atoms with Crippen molar-refractivity contribution < 1.29 is 4.74 Å². The van der Waals surface area contributed by atoms with Crippen LogP contribution in [0.15, 0.2) is 0 Å². The lowest BCUT2D eigenvalue weighted by Gasteiger charge is -2.13. The molecule has 0 radical (unpaired) electrons. The second-order valence-electron chi connectivity index (χ2n) is 2.84. The number of nitrogens with two attached hydrogens (primary N) is 1. The average Bonchev–Trinajstić information content (AvgIpc) is 2.31. The highest BCUT2D eigenvalue weighted by molar-refractivity contribution is 5.85. The molecule has 0 bridgehead atoms. The maximum atomic E-state index is 5.71. The third kappa shape index (κ3) is 3.91. The molecule has 0 aromatic rings. The topological polar surface area (TPSA) is 38.5 Å². The Morgan fingerprint density at radius 1 is 1.64 bits per heavy atom. The zero-order valence-corrected chi connectivity index (χ0v) is 7.77. The molecule has 1 fully saturated rings. The van der Waals surface area contributed by atoms with Gasteiger partial charge in [0.1, 0.15) is 0 Å². The fraction of sp³-hybridized carbons (Fsp3) is 1.00. The summed E-state index contributed by atoms with van der Waals surface area (Å²) in [5, 5.41) is 0. The lowest BCUT2D eigenvalue weighted by atomic mass is 10.3. The molecule has 1 atom stereocenters. The molecule has 2 N–H and O–H groups in total. The average molecular weight is 181 g/mol. The molecule has 0 aromatic heterocycles. The molecule has 0 amide bonds. The van der Waals surface area contributed by atoms with Crippen LogP contribution in [0.1, 0.15) is 6.42 Å². The third-order valence-electron chi connectivity index (χ3n) is 1.92. The van der Waals surface area contributed by atoms with Crippen molar-refractivity contribution in [2.24, 2.45) is 5.73 Å². The minimum atomic E-state index is 0. The molecule has 1 rings (SSSR count). The predicted octanol–water partition coefficient (Wildman–Crippen LogP) is 0.0876. The van der Waals surface area contributed by atoms with E-state index in [9.17, 15) is 0 Å². The van der Waals surface area contributed by atoms with E-state index in [0.29, 0.717) is 6.04 Å². The van der Waals surface area contributed by atoms with Crippen LogP contribution in [0.25, 0.3) is 0 Å². The van der Waals surface area contributed by atoms with Crippen molar-refractivity contribution in [1.29, 1.82) is 0 Å². The Balaban J connectivity index is 0.000001000. The highest BCUT2D eigenvalue weighted by Crippen LogP contribution is 2.05. The van der Waals surface area contributed by atoms with Gasteiger partial charge in [0.05, 0.1) is 6.61 Å². The van der Waals surface area contributed by atoms with E-state index in [0.717, 1.165) is 32.7 Å². The van der Waals surface area contributed by atoms with Gasteiger partial charge in [-0.05, 0) is 13.0 Å². The van der Waals surface area contributed by atoms with Crippen molar-refractivity contribution in [1.82, 2.24) is 4.90 Å². The lowest BCUT2D eigenvalue weighted by molar-refractivity contribution is 0.160. The largest absolute Gasteiger partial charge is 0.383 e. The van der Waals surface area contributed by atoms with Crippen LogP contribution < -0.4 is 5.73 Å². The SMILES string of the molecule is COCCN1CC[C@H](N)C1.Cl. The van der Waals surface area contributed by atoms with Gasteiger partial charge in [0, 0.05) is 26.2 Å². The summed E-state index contributed by atoms with van der Waals surface area (Å²) in [6, 6.07) is 0.400. The standard InChI is InChI=1S/C7H16N2O.ClH/c1-10-5-4-9-3-2-7(8)6-9;/h7H,2-6,8H2,1H3;1H/t7-;/m0./s1. The van der Waals surface area contributed by atoms with Gasteiger partial charge in [0.2, 0.25) is 0 Å². The van der Waals surface area contributed by atoms with Gasteiger partial charge < -0.3 is 10.5 Å². The molecule has 1 saturated heterocycles. The predicted molar refractivity (Wildman–Crippen MR) is 48.2 cm³/mol. The van der Waals surface area contributed by atoms with E-state index in [2.05, 4.69) is 4.90 Å². The van der Waals surface area contributed by atoms with Crippen LogP contribution >= 0.6 is 12.4 Å². The Bertz CT molecular complexity index is 102. The summed E-state index contributed by atoms with van der Waals surface area (Å²) in [5.74, 6) is 0. The Labute approximate surface area is 74.3 Å². The van der Waals surface area contributed by atoms with Crippen molar-refractivity contribution >= 4 is 12.4 Å². The summed E-state index contributed by atoms with van der Waals surface area (Å²) < 4.78 is 4.96. The summed E-state index contributed by atoms with van der Waals surface area (Å²) in [6.45, 7) is 4.05. The zero-order valence-electron chi connectivity index (χ0n) is 6.95. The van der Waals surface area contributed by atoms with E-state index in [1.54, 1.807) is 7.11 Å². The minimum absolute atomic E-state index is 0. The molecular formula is C7H17ClN2O. The summed E-state index contributed by atoms with van der Waals surface area (Å²) in [7, 11) is 1.73. The van der Waals surface area contributed by atoms with Gasteiger partial charge in [-0.25, -0.2) is 0 Å². The Morgan fingerprint density at radius 2 is 2.36 bits per heavy atom. The normalized spacial score (nSPS) is 25.1. The van der Waals surface area contributed by atoms with E-state index in [4.69, 9.17) is 10.5 Å². The minimum Gasteiger partial charge on any atom is -0.383 e. The third-order valence-corrected chi connectivity index (χ3v) is 1.92. The van der Waals surface area contributed by atoms with E-state index in [1.807, 2.05) is 0 Å². The first-order chi connectivity index (χ1) is 4.83. The first-order valence-electron chi connectivity index (χ1n) is 3.80. The highest BCUT2D eigenvalue weighted by atomic mass is 35.5. The highest BCUT2D eigenvalue weighted by Gasteiger charge is 2.17. The number of likely N-dealkylation sites (tertiary alicyclic amines) is 1. The van der Waals surface area contributed by atoms with E-state index >= 15 is 0 Å². The molecule has 1 heterocycles. The summed E-state index contributed by atoms with van der Waals surface area (Å²) in [6.07, 6.45) is 1.14. The molecule has 1 aliphatic rings. The summed E-state index contributed by atoms with van der Waals surface area (Å²) in [4.78, 5) is 2.34. The lowest BCUT2D eigenvalue weighted by Crippen LogP contribution is -2.28. The number of hydrogen-bond donors (Lipinski definition) is 1. The van der Waals surface area contributed by atoms with Crippen LogP contribution in [-0.2, 0) is 4.74 Å². The summed E-state index contributed by atoms with van der Waals surface area (Å²) in [5.41, 5.74) is 5.71. The number of hydrogen-bond acceptors (Lipinski definition) is 3. The number of nitrogens with zero attached hydrogens (tertiary/aromatic N) is 1. The fourth-order valence-corrected chi connectivity index (χ4v) is 1.29. The van der Waals surface area contributed by atoms with Gasteiger partial charge >= 0.3 is 0 Å². The van der Waals surface area contributed by atoms with Gasteiger partial charge in [-0.2, -0.15) is 0 Å². The molecule has 0 aromatic carbocycles. The van der Waals surface area contributed by atoms with Crippen LogP contribution in [0.5, 0.6) is 0 Å². The fourth-order valence-electron chi connectivity index (χ4n) is 1.29. The molecule has 11 heavy (non-hydrogen) atoms. The van der Waals surface area contributed by atoms with E-state index in [-0.39, 0.29) is 12.4 Å². The van der Waals surface area contributed by atoms with Crippen LogP contribution in [0.4, 0.5) is 0 Å². The van der Waals surface area contributed by atoms with Crippen molar-refractivity contribution in [2.75, 3.05) is 33.4 Å². The van der Waals surface area contributed by atoms with Crippen molar-refractivity contribution in [3.05, 3.63) is 0 Å². The Hall–Kier alpha value is 0.170. The molecular weight excluding hydrogens is 164 g/mol. The first kappa shape index (κ1) is 11.2. The van der Waals surface area contributed by atoms with Gasteiger partial charge in [-0.1, -0.05) is 0 Å². The monoisotopic (exact) mass is 180 g/mol. The van der Waals surface area contributed by atoms with Gasteiger partial charge in [0.25, 0.3) is 0 Å². The van der Waals surface area contributed by atoms with Crippen LogP contribution in [-0.4, -0.2) is 44.3 Å². The molecule has 0 aliphatic carbocycles. The summed E-state index contributed by atoms with van der Waals surface area (Å²) >= 11 is 0. The van der Waals surface area contributed by atoms with Crippen LogP contribution in [0.3, 0.4) is 0 Å². The number of rotatable bonds is 3. The molecule has 4 heteroatoms. The quantitative estimate of drug-likeness (QED) is 0.669. The molecule has 1 aliphatic heterocycles. The maximum Gasteiger partial charge on any atom is 0.0589 e. The second-order valence-corrected chi connectivity index (χ2v) is 2.84. The molecule has 0 unspecified atom stereocenters. The number of halogens is 1. The first-order valence-corrected chi connectivity index (χ1v) is 3.80. The zero-order chi connectivity index (χ0) is 7.40. The number of ether oxygens (including phenoxy) is 1. The maximum absolute atomic E-state index is 5.71. The molecule has 0 saturated carbocycles. The Kier molecular flexibility index (Phi) is 5.86. The van der Waals surface area contributed by atoms with E-state index in [1.165, 1.54) is 0 Å². The number of methoxy groups -OCH3 is 1. The van der Waals surface area contributed by atoms with Gasteiger partial charge in [-0.15, -0.1) is 12.4 Å². The molecule has 3 nitrogen and oxygen atoms in total. The van der Waals surface area contributed by atoms with Crippen LogP contribution in [0.2, 0.25) is 0 Å². The van der Waals surface area contributed by atoms with Gasteiger partial charge in [-0.3, -0.25) is 4.90 Å². The molecule has 0 spiro atoms. The Morgan fingerprint density at radius 3 is 2.82 bits per heavy atom.